The lowest BCUT2D eigenvalue weighted by molar-refractivity contribution is 0.668. The summed E-state index contributed by atoms with van der Waals surface area (Å²) in [4.78, 5) is 4.71. The molecular weight excluding hydrogens is 805 g/mol. The van der Waals surface area contributed by atoms with E-state index in [1.807, 2.05) is 0 Å². The van der Waals surface area contributed by atoms with E-state index in [4.69, 9.17) is 8.83 Å². The fourth-order valence-corrected chi connectivity index (χ4v) is 10.2. The van der Waals surface area contributed by atoms with E-state index in [9.17, 15) is 0 Å². The minimum Gasteiger partial charge on any atom is -0.456 e. The highest BCUT2D eigenvalue weighted by Gasteiger charge is 2.20. The summed E-state index contributed by atoms with van der Waals surface area (Å²) in [6, 6.07) is 83.1. The van der Waals surface area contributed by atoms with E-state index < -0.39 is 0 Å². The van der Waals surface area contributed by atoms with Gasteiger partial charge in [0.1, 0.15) is 22.3 Å². The fraction of sp³-hybridized carbons (Fsp3) is 0. The first-order valence-electron chi connectivity index (χ1n) is 22.5. The first-order valence-corrected chi connectivity index (χ1v) is 22.5. The Morgan fingerprint density at radius 3 is 0.818 bits per heavy atom. The molecule has 14 rings (SSSR count). The molecule has 4 nitrogen and oxygen atoms in total. The van der Waals surface area contributed by atoms with E-state index in [1.165, 1.54) is 43.1 Å². The Bertz CT molecular complexity index is 3840. The second kappa shape index (κ2) is 14.3. The summed E-state index contributed by atoms with van der Waals surface area (Å²) in [6.45, 7) is 0. The van der Waals surface area contributed by atoms with Gasteiger partial charge in [-0.25, -0.2) is 0 Å². The van der Waals surface area contributed by atoms with E-state index in [-0.39, 0.29) is 0 Å². The average Bonchev–Trinajstić information content (AvgIpc) is 3.91. The van der Waals surface area contributed by atoms with Crippen molar-refractivity contribution in [3.63, 3.8) is 0 Å². The van der Waals surface area contributed by atoms with Crippen molar-refractivity contribution in [2.45, 2.75) is 0 Å². The summed E-state index contributed by atoms with van der Waals surface area (Å²) in [5, 5.41) is 16.1. The Labute approximate surface area is 379 Å². The monoisotopic (exact) mass is 842 g/mol. The molecule has 0 atom stereocenters. The van der Waals surface area contributed by atoms with E-state index in [2.05, 4.69) is 240 Å². The topological polar surface area (TPSA) is 32.8 Å². The van der Waals surface area contributed by atoms with Crippen molar-refractivity contribution < 1.29 is 8.83 Å². The van der Waals surface area contributed by atoms with Gasteiger partial charge in [0.2, 0.25) is 0 Å². The van der Waals surface area contributed by atoms with Gasteiger partial charge in [-0.1, -0.05) is 121 Å². The average molecular weight is 843 g/mol. The predicted molar refractivity (Wildman–Crippen MR) is 278 cm³/mol. The van der Waals surface area contributed by atoms with Gasteiger partial charge in [0, 0.05) is 55.7 Å². The van der Waals surface area contributed by atoms with Gasteiger partial charge >= 0.3 is 0 Å². The van der Waals surface area contributed by atoms with Gasteiger partial charge in [0.05, 0.1) is 0 Å². The van der Waals surface area contributed by atoms with Crippen molar-refractivity contribution in [2.24, 2.45) is 0 Å². The Hall–Kier alpha value is -8.86. The van der Waals surface area contributed by atoms with Crippen molar-refractivity contribution in [1.29, 1.82) is 0 Å². The lowest BCUT2D eigenvalue weighted by atomic mass is 10.0. The number of hydrogen-bond donors (Lipinski definition) is 0. The molecule has 0 radical (unpaired) electrons. The highest BCUT2D eigenvalue weighted by molar-refractivity contribution is 6.16. The molecule has 14 aromatic rings. The van der Waals surface area contributed by atoms with Crippen LogP contribution in [0.15, 0.2) is 239 Å². The smallest absolute Gasteiger partial charge is 0.136 e. The normalized spacial score (nSPS) is 11.9. The minimum atomic E-state index is 0.844. The lowest BCUT2D eigenvalue weighted by Gasteiger charge is -2.26. The summed E-state index contributed by atoms with van der Waals surface area (Å²) in [6.07, 6.45) is 0. The van der Waals surface area contributed by atoms with Gasteiger partial charge < -0.3 is 18.6 Å². The van der Waals surface area contributed by atoms with Crippen molar-refractivity contribution in [1.82, 2.24) is 0 Å². The molecule has 66 heavy (non-hydrogen) atoms. The number of anilines is 6. The third-order valence-electron chi connectivity index (χ3n) is 13.5. The minimum absolute atomic E-state index is 0.844. The van der Waals surface area contributed by atoms with Gasteiger partial charge in [0.25, 0.3) is 0 Å². The van der Waals surface area contributed by atoms with Gasteiger partial charge in [-0.3, -0.25) is 0 Å². The summed E-state index contributed by atoms with van der Waals surface area (Å²) in [7, 11) is 0. The van der Waals surface area contributed by atoms with E-state index >= 15 is 0 Å². The van der Waals surface area contributed by atoms with Crippen molar-refractivity contribution in [3.05, 3.63) is 231 Å². The van der Waals surface area contributed by atoms with Gasteiger partial charge in [0.15, 0.2) is 0 Å². The van der Waals surface area contributed by atoms with E-state index in [1.54, 1.807) is 0 Å². The molecule has 0 saturated heterocycles. The lowest BCUT2D eigenvalue weighted by Crippen LogP contribution is -2.09. The van der Waals surface area contributed by atoms with Gasteiger partial charge in [-0.05, 0) is 163 Å². The number of benzene rings is 12. The van der Waals surface area contributed by atoms with Crippen LogP contribution in [-0.4, -0.2) is 0 Å². The van der Waals surface area contributed by atoms with Crippen LogP contribution < -0.4 is 9.80 Å². The first-order chi connectivity index (χ1) is 32.6. The van der Waals surface area contributed by atoms with Gasteiger partial charge in [-0.2, -0.15) is 0 Å². The van der Waals surface area contributed by atoms with Crippen LogP contribution in [0.25, 0.3) is 97.7 Å². The Balaban J connectivity index is 0.921. The first kappa shape index (κ1) is 36.6. The predicted octanol–water partition coefficient (Wildman–Crippen LogP) is 18.2. The molecule has 2 heterocycles. The Kier molecular flexibility index (Phi) is 7.95. The largest absolute Gasteiger partial charge is 0.456 e. The summed E-state index contributed by atoms with van der Waals surface area (Å²) in [5.41, 5.74) is 9.87. The fourth-order valence-electron chi connectivity index (χ4n) is 10.2. The zero-order valence-electron chi connectivity index (χ0n) is 35.7. The molecule has 0 N–H and O–H groups in total. The molecule has 0 fully saturated rings. The van der Waals surface area contributed by atoms with Crippen LogP contribution in [0.4, 0.5) is 34.1 Å². The summed E-state index contributed by atoms with van der Waals surface area (Å²) in [5.74, 6) is 0. The molecule has 0 aliphatic carbocycles. The zero-order chi connectivity index (χ0) is 43.3. The van der Waals surface area contributed by atoms with Crippen LogP contribution in [-0.2, 0) is 0 Å². The second-order valence-corrected chi connectivity index (χ2v) is 17.4. The molecule has 0 unspecified atom stereocenters. The molecule has 12 aromatic carbocycles. The highest BCUT2D eigenvalue weighted by Crippen LogP contribution is 2.44. The number of furan rings is 2. The van der Waals surface area contributed by atoms with E-state index in [0.29, 0.717) is 0 Å². The summed E-state index contributed by atoms with van der Waals surface area (Å²) < 4.78 is 13.2. The maximum atomic E-state index is 6.62. The molecular formula is C62H38N2O2. The number of fused-ring (bicyclic) bond motifs is 11. The molecule has 2 aromatic heterocycles. The molecule has 0 aliphatic heterocycles. The van der Waals surface area contributed by atoms with E-state index in [0.717, 1.165) is 88.8 Å². The van der Waals surface area contributed by atoms with Crippen LogP contribution in [0.1, 0.15) is 0 Å². The third kappa shape index (κ3) is 5.93. The number of rotatable bonds is 6. The SMILES string of the molecule is c1ccc2cc(N(c3ccc4ccccc4c3)c3ccc4oc5cc6cc7oc8ccc(N(c9ccc%10ccccc%10c9)c9ccc%10ccccc%10c9)cc8c7cc6cc5c4c3)ccc2c1. The second-order valence-electron chi connectivity index (χ2n) is 17.4. The van der Waals surface area contributed by atoms with Crippen LogP contribution >= 0.6 is 0 Å². The van der Waals surface area contributed by atoms with Crippen LogP contribution in [0.3, 0.4) is 0 Å². The maximum Gasteiger partial charge on any atom is 0.136 e. The van der Waals surface area contributed by atoms with Crippen molar-refractivity contribution >= 4 is 132 Å². The molecule has 0 bridgehead atoms. The summed E-state index contributed by atoms with van der Waals surface area (Å²) >= 11 is 0. The Morgan fingerprint density at radius 1 is 0.197 bits per heavy atom. The third-order valence-corrected chi connectivity index (χ3v) is 13.5. The van der Waals surface area contributed by atoms with Crippen LogP contribution in [0, 0.1) is 0 Å². The molecule has 308 valence electrons. The van der Waals surface area contributed by atoms with Gasteiger partial charge in [-0.15, -0.1) is 0 Å². The standard InChI is InChI=1S/C62H38N2O2/c1-5-13-43-29-49(21-17-39(43)9-1)63(50-22-18-40-10-2-6-14-44(40)30-50)53-25-27-59-57(37-53)55-33-47-34-56-58-38-54(26-28-60(58)66-62(56)36-48(47)35-61(55)65-59)64(51-23-19-41-11-3-7-15-45(41)31-51)52-24-20-42-12-4-8-16-46(42)32-52/h1-38H. The molecule has 0 saturated carbocycles. The molecule has 0 aliphatic rings. The molecule has 0 amide bonds. The highest BCUT2D eigenvalue weighted by atomic mass is 16.3. The van der Waals surface area contributed by atoms with Crippen molar-refractivity contribution in [3.8, 4) is 0 Å². The molecule has 0 spiro atoms. The maximum absolute atomic E-state index is 6.62. The van der Waals surface area contributed by atoms with Crippen molar-refractivity contribution in [2.75, 3.05) is 9.80 Å². The van der Waals surface area contributed by atoms with Crippen LogP contribution in [0.5, 0.6) is 0 Å². The zero-order valence-corrected chi connectivity index (χ0v) is 35.7. The number of hydrogen-bond acceptors (Lipinski definition) is 4. The molecule has 4 heteroatoms. The Morgan fingerprint density at radius 2 is 0.470 bits per heavy atom. The number of nitrogens with zero attached hydrogens (tertiary/aromatic N) is 2. The van der Waals surface area contributed by atoms with Crippen LogP contribution in [0.2, 0.25) is 0 Å². The quantitative estimate of drug-likeness (QED) is 0.167.